The average Bonchev–Trinajstić information content (AvgIpc) is 2.96. The minimum Gasteiger partial charge on any atom is -0.476 e. The summed E-state index contributed by atoms with van der Waals surface area (Å²) in [4.78, 5) is 26.2. The Labute approximate surface area is 120 Å². The smallest absolute Gasteiger partial charge is 0.356 e. The van der Waals surface area contributed by atoms with E-state index in [1.165, 1.54) is 12.5 Å². The van der Waals surface area contributed by atoms with E-state index in [0.29, 0.717) is 24.2 Å². The lowest BCUT2D eigenvalue weighted by atomic mass is 10.1. The van der Waals surface area contributed by atoms with Crippen LogP contribution in [0, 0.1) is 11.3 Å². The van der Waals surface area contributed by atoms with E-state index in [2.05, 4.69) is 10.3 Å². The summed E-state index contributed by atoms with van der Waals surface area (Å²) in [5.74, 6) is -1.34. The molecule has 2 N–H and O–H groups in total. The van der Waals surface area contributed by atoms with Crippen molar-refractivity contribution in [2.24, 2.45) is 0 Å². The van der Waals surface area contributed by atoms with Gasteiger partial charge in [-0.1, -0.05) is 0 Å². The molecule has 1 aromatic carbocycles. The van der Waals surface area contributed by atoms with Crippen LogP contribution in [0.3, 0.4) is 0 Å². The molecular formula is C14H12N4O3. The second-order valence-electron chi connectivity index (χ2n) is 4.25. The van der Waals surface area contributed by atoms with Crippen molar-refractivity contribution >= 4 is 11.9 Å². The first-order valence-electron chi connectivity index (χ1n) is 6.13. The fraction of sp³-hybridized carbons (Fsp3) is 0.143. The number of benzene rings is 1. The summed E-state index contributed by atoms with van der Waals surface area (Å²) in [6.07, 6.45) is 2.80. The van der Waals surface area contributed by atoms with Crippen LogP contribution in [0.1, 0.15) is 26.4 Å². The van der Waals surface area contributed by atoms with Crippen LogP contribution < -0.4 is 5.32 Å². The molecule has 0 saturated heterocycles. The lowest BCUT2D eigenvalue weighted by Crippen LogP contribution is -2.26. The van der Waals surface area contributed by atoms with Gasteiger partial charge in [-0.3, -0.25) is 4.79 Å². The number of nitriles is 1. The number of nitrogens with one attached hydrogen (secondary N) is 1. The van der Waals surface area contributed by atoms with Gasteiger partial charge in [-0.2, -0.15) is 5.26 Å². The van der Waals surface area contributed by atoms with E-state index >= 15 is 0 Å². The highest BCUT2D eigenvalue weighted by molar-refractivity contribution is 5.94. The number of carboxylic acid groups (broad SMARTS) is 1. The maximum absolute atomic E-state index is 11.8. The van der Waals surface area contributed by atoms with Crippen molar-refractivity contribution in [3.8, 4) is 6.07 Å². The Balaban J connectivity index is 1.86. The maximum Gasteiger partial charge on any atom is 0.356 e. The number of imidazole rings is 1. The summed E-state index contributed by atoms with van der Waals surface area (Å²) >= 11 is 0. The van der Waals surface area contributed by atoms with Crippen LogP contribution in [0.2, 0.25) is 0 Å². The fourth-order valence-electron chi connectivity index (χ4n) is 1.69. The van der Waals surface area contributed by atoms with E-state index in [9.17, 15) is 9.59 Å². The van der Waals surface area contributed by atoms with Gasteiger partial charge in [0.25, 0.3) is 5.91 Å². The number of carbonyl (C=O) groups is 2. The quantitative estimate of drug-likeness (QED) is 0.847. The largest absolute Gasteiger partial charge is 0.476 e. The number of hydrogen-bond donors (Lipinski definition) is 2. The Kier molecular flexibility index (Phi) is 4.31. The second kappa shape index (κ2) is 6.34. The zero-order valence-electron chi connectivity index (χ0n) is 11.0. The molecule has 0 aliphatic heterocycles. The molecule has 1 aromatic heterocycles. The van der Waals surface area contributed by atoms with Crippen molar-refractivity contribution in [1.29, 1.82) is 5.26 Å². The van der Waals surface area contributed by atoms with Gasteiger partial charge in [0.15, 0.2) is 5.69 Å². The normalized spacial score (nSPS) is 9.86. The molecular weight excluding hydrogens is 272 g/mol. The minimum atomic E-state index is -1.09. The Morgan fingerprint density at radius 3 is 2.62 bits per heavy atom. The van der Waals surface area contributed by atoms with Crippen molar-refractivity contribution in [3.63, 3.8) is 0 Å². The molecule has 0 bridgehead atoms. The van der Waals surface area contributed by atoms with Crippen molar-refractivity contribution in [2.45, 2.75) is 6.54 Å². The van der Waals surface area contributed by atoms with Gasteiger partial charge in [-0.25, -0.2) is 9.78 Å². The lowest BCUT2D eigenvalue weighted by Gasteiger charge is -2.05. The predicted octanol–water partition coefficient (Wildman–Crippen LogP) is 0.883. The molecule has 2 aromatic rings. The van der Waals surface area contributed by atoms with E-state index in [0.717, 1.165) is 0 Å². The Bertz CT molecular complexity index is 698. The molecule has 1 heterocycles. The standard InChI is InChI=1S/C14H12N4O3/c15-7-10-1-3-11(4-2-10)13(19)16-5-6-18-8-12(14(20)21)17-9-18/h1-4,8-9H,5-6H2,(H,16,19)(H,20,21). The molecule has 0 aliphatic carbocycles. The van der Waals surface area contributed by atoms with E-state index in [1.54, 1.807) is 28.8 Å². The zero-order valence-corrected chi connectivity index (χ0v) is 11.0. The molecule has 0 unspecified atom stereocenters. The van der Waals surface area contributed by atoms with Gasteiger partial charge in [0.2, 0.25) is 0 Å². The summed E-state index contributed by atoms with van der Waals surface area (Å²) in [5, 5.41) is 20.1. The van der Waals surface area contributed by atoms with Gasteiger partial charge >= 0.3 is 5.97 Å². The average molecular weight is 284 g/mol. The third kappa shape index (κ3) is 3.67. The van der Waals surface area contributed by atoms with Crippen LogP contribution in [0.5, 0.6) is 0 Å². The third-order valence-corrected chi connectivity index (χ3v) is 2.78. The van der Waals surface area contributed by atoms with Crippen molar-refractivity contribution in [3.05, 3.63) is 53.6 Å². The van der Waals surface area contributed by atoms with Crippen LogP contribution >= 0.6 is 0 Å². The summed E-state index contributed by atoms with van der Waals surface area (Å²) in [6.45, 7) is 0.760. The lowest BCUT2D eigenvalue weighted by molar-refractivity contribution is 0.0690. The van der Waals surface area contributed by atoms with Gasteiger partial charge < -0.3 is 15.0 Å². The molecule has 0 spiro atoms. The summed E-state index contributed by atoms with van der Waals surface area (Å²) < 4.78 is 1.59. The number of nitrogens with zero attached hydrogens (tertiary/aromatic N) is 3. The van der Waals surface area contributed by atoms with Gasteiger partial charge in [-0.05, 0) is 24.3 Å². The highest BCUT2D eigenvalue weighted by Crippen LogP contribution is 2.03. The highest BCUT2D eigenvalue weighted by atomic mass is 16.4. The molecule has 21 heavy (non-hydrogen) atoms. The van der Waals surface area contributed by atoms with E-state index in [4.69, 9.17) is 10.4 Å². The molecule has 0 radical (unpaired) electrons. The molecule has 0 atom stereocenters. The van der Waals surface area contributed by atoms with Crippen molar-refractivity contribution in [1.82, 2.24) is 14.9 Å². The second-order valence-corrected chi connectivity index (χ2v) is 4.25. The molecule has 0 saturated carbocycles. The number of carbonyl (C=O) groups excluding carboxylic acids is 1. The van der Waals surface area contributed by atoms with Gasteiger partial charge in [0.1, 0.15) is 0 Å². The summed E-state index contributed by atoms with van der Waals surface area (Å²) in [5.41, 5.74) is 0.922. The van der Waals surface area contributed by atoms with Crippen LogP contribution in [-0.2, 0) is 6.54 Å². The number of hydrogen-bond acceptors (Lipinski definition) is 4. The molecule has 2 rings (SSSR count). The number of aromatic nitrogens is 2. The number of aromatic carboxylic acids is 1. The molecule has 7 nitrogen and oxygen atoms in total. The summed E-state index contributed by atoms with van der Waals surface area (Å²) in [6, 6.07) is 8.28. The number of rotatable bonds is 5. The molecule has 106 valence electrons. The SMILES string of the molecule is N#Cc1ccc(C(=O)NCCn2cnc(C(=O)O)c2)cc1. The van der Waals surface area contributed by atoms with E-state index < -0.39 is 5.97 Å². The van der Waals surface area contributed by atoms with Crippen LogP contribution in [-0.4, -0.2) is 33.1 Å². The highest BCUT2D eigenvalue weighted by Gasteiger charge is 2.07. The van der Waals surface area contributed by atoms with Crippen LogP contribution in [0.4, 0.5) is 0 Å². The van der Waals surface area contributed by atoms with Crippen molar-refractivity contribution in [2.75, 3.05) is 6.54 Å². The van der Waals surface area contributed by atoms with Gasteiger partial charge in [-0.15, -0.1) is 0 Å². The Morgan fingerprint density at radius 2 is 2.05 bits per heavy atom. The first-order valence-corrected chi connectivity index (χ1v) is 6.13. The zero-order chi connectivity index (χ0) is 15.2. The van der Waals surface area contributed by atoms with E-state index in [-0.39, 0.29) is 11.6 Å². The third-order valence-electron chi connectivity index (χ3n) is 2.78. The summed E-state index contributed by atoms with van der Waals surface area (Å²) in [7, 11) is 0. The fourth-order valence-corrected chi connectivity index (χ4v) is 1.69. The maximum atomic E-state index is 11.8. The molecule has 0 aliphatic rings. The van der Waals surface area contributed by atoms with Crippen LogP contribution in [0.25, 0.3) is 0 Å². The predicted molar refractivity (Wildman–Crippen MR) is 72.7 cm³/mol. The topological polar surface area (TPSA) is 108 Å². The number of amides is 1. The first-order chi connectivity index (χ1) is 10.1. The molecule has 1 amide bonds. The van der Waals surface area contributed by atoms with Crippen LogP contribution in [0.15, 0.2) is 36.8 Å². The van der Waals surface area contributed by atoms with Crippen molar-refractivity contribution < 1.29 is 14.7 Å². The molecule has 0 fully saturated rings. The number of carboxylic acids is 1. The Morgan fingerprint density at radius 1 is 1.33 bits per heavy atom. The first kappa shape index (κ1) is 14.3. The molecule has 7 heteroatoms. The minimum absolute atomic E-state index is 0.0339. The van der Waals surface area contributed by atoms with Gasteiger partial charge in [0, 0.05) is 24.8 Å². The monoisotopic (exact) mass is 284 g/mol. The van der Waals surface area contributed by atoms with Gasteiger partial charge in [0.05, 0.1) is 18.0 Å². The van der Waals surface area contributed by atoms with E-state index in [1.807, 2.05) is 6.07 Å². The Hall–Kier alpha value is -3.14.